The number of pyridine rings is 1. The zero-order valence-corrected chi connectivity index (χ0v) is 9.20. The monoisotopic (exact) mass is 211 g/mol. The number of nitrogens with zero attached hydrogens (tertiary/aromatic N) is 1. The number of hydrogen-bond donors (Lipinski definition) is 1. The second-order valence-electron chi connectivity index (χ2n) is 4.45. The molecule has 1 atom stereocenters. The van der Waals surface area contributed by atoms with Crippen molar-refractivity contribution >= 4 is 16.5 Å². The van der Waals surface area contributed by atoms with Gasteiger partial charge < -0.3 is 5.11 Å². The van der Waals surface area contributed by atoms with Crippen molar-refractivity contribution in [1.29, 1.82) is 0 Å². The Morgan fingerprint density at radius 2 is 2.19 bits per heavy atom. The van der Waals surface area contributed by atoms with Gasteiger partial charge in [0.2, 0.25) is 0 Å². The largest absolute Gasteiger partial charge is 0.388 e. The van der Waals surface area contributed by atoms with Gasteiger partial charge in [0.05, 0.1) is 17.3 Å². The van der Waals surface area contributed by atoms with Crippen molar-refractivity contribution in [3.63, 3.8) is 0 Å². The Morgan fingerprint density at radius 3 is 3.00 bits per heavy atom. The zero-order valence-electron chi connectivity index (χ0n) is 9.20. The van der Waals surface area contributed by atoms with Crippen LogP contribution in [0.15, 0.2) is 30.8 Å². The van der Waals surface area contributed by atoms with E-state index in [0.717, 1.165) is 27.7 Å². The molecule has 2 aromatic rings. The van der Waals surface area contributed by atoms with Crippen LogP contribution in [0.3, 0.4) is 0 Å². The Balaban J connectivity index is 2.34. The molecule has 0 spiro atoms. The summed E-state index contributed by atoms with van der Waals surface area (Å²) in [4.78, 5) is 4.59. The van der Waals surface area contributed by atoms with Gasteiger partial charge in [0.15, 0.2) is 0 Å². The molecular formula is C14H13NO. The number of aliphatic hydroxyl groups is 1. The molecule has 2 nitrogen and oxygen atoms in total. The summed E-state index contributed by atoms with van der Waals surface area (Å²) in [5, 5.41) is 10.9. The summed E-state index contributed by atoms with van der Waals surface area (Å²) < 4.78 is 0. The van der Waals surface area contributed by atoms with Gasteiger partial charge in [-0.15, -0.1) is 0 Å². The molecule has 1 aromatic carbocycles. The predicted octanol–water partition coefficient (Wildman–Crippen LogP) is 2.99. The normalized spacial score (nSPS) is 19.1. The van der Waals surface area contributed by atoms with E-state index in [0.29, 0.717) is 6.42 Å². The highest BCUT2D eigenvalue weighted by atomic mass is 16.3. The minimum atomic E-state index is -0.430. The minimum absolute atomic E-state index is 0.430. The number of aryl methyl sites for hydroxylation is 1. The van der Waals surface area contributed by atoms with E-state index >= 15 is 0 Å². The van der Waals surface area contributed by atoms with Gasteiger partial charge in [-0.2, -0.15) is 0 Å². The molecule has 2 heteroatoms. The fraction of sp³-hybridized carbons (Fsp3) is 0.214. The molecule has 1 heterocycles. The number of fused-ring (bicyclic) bond motifs is 2. The second-order valence-corrected chi connectivity index (χ2v) is 4.45. The summed E-state index contributed by atoms with van der Waals surface area (Å²) in [5.74, 6) is 0. The van der Waals surface area contributed by atoms with E-state index in [2.05, 4.69) is 30.6 Å². The second kappa shape index (κ2) is 3.16. The van der Waals surface area contributed by atoms with Crippen molar-refractivity contribution in [2.75, 3.05) is 0 Å². The third kappa shape index (κ3) is 1.27. The third-order valence-corrected chi connectivity index (χ3v) is 3.14. The van der Waals surface area contributed by atoms with Gasteiger partial charge in [-0.1, -0.05) is 18.7 Å². The topological polar surface area (TPSA) is 33.1 Å². The number of benzene rings is 1. The standard InChI is InChI=1S/C14H13NO/c1-8-3-4-10-7-11-13(16)6-9(2)14(11)15-12(10)5-8/h3-5,7,13,16H,2,6H2,1H3. The molecular weight excluding hydrogens is 198 g/mol. The molecule has 1 aliphatic rings. The first-order valence-electron chi connectivity index (χ1n) is 5.42. The first-order valence-corrected chi connectivity index (χ1v) is 5.42. The van der Waals surface area contributed by atoms with Crippen molar-refractivity contribution in [1.82, 2.24) is 4.98 Å². The fourth-order valence-corrected chi connectivity index (χ4v) is 2.27. The van der Waals surface area contributed by atoms with Crippen LogP contribution in [0.5, 0.6) is 0 Å². The highest BCUT2D eigenvalue weighted by Gasteiger charge is 2.25. The predicted molar refractivity (Wildman–Crippen MR) is 65.1 cm³/mol. The molecule has 0 saturated carbocycles. The average Bonchev–Trinajstić information content (AvgIpc) is 2.52. The molecule has 0 bridgehead atoms. The van der Waals surface area contributed by atoms with E-state index in [1.165, 1.54) is 5.56 Å². The molecule has 3 rings (SSSR count). The molecule has 0 fully saturated rings. The lowest BCUT2D eigenvalue weighted by molar-refractivity contribution is 0.190. The summed E-state index contributed by atoms with van der Waals surface area (Å²) in [7, 11) is 0. The molecule has 0 saturated heterocycles. The van der Waals surface area contributed by atoms with Crippen LogP contribution in [0.2, 0.25) is 0 Å². The van der Waals surface area contributed by atoms with Crippen LogP contribution in [0.25, 0.3) is 16.5 Å². The van der Waals surface area contributed by atoms with Gasteiger partial charge in [0.1, 0.15) is 0 Å². The van der Waals surface area contributed by atoms with E-state index in [1.807, 2.05) is 12.1 Å². The molecule has 1 aromatic heterocycles. The fourth-order valence-electron chi connectivity index (χ4n) is 2.27. The molecule has 0 radical (unpaired) electrons. The quantitative estimate of drug-likeness (QED) is 0.726. The first kappa shape index (κ1) is 9.55. The summed E-state index contributed by atoms with van der Waals surface area (Å²) in [6, 6.07) is 8.20. The molecule has 1 unspecified atom stereocenters. The van der Waals surface area contributed by atoms with Crippen LogP contribution >= 0.6 is 0 Å². The van der Waals surface area contributed by atoms with E-state index in [1.54, 1.807) is 0 Å². The number of aromatic nitrogens is 1. The maximum absolute atomic E-state index is 9.86. The van der Waals surface area contributed by atoms with Crippen LogP contribution < -0.4 is 0 Å². The molecule has 16 heavy (non-hydrogen) atoms. The van der Waals surface area contributed by atoms with Crippen molar-refractivity contribution in [3.05, 3.63) is 47.7 Å². The van der Waals surface area contributed by atoms with Crippen LogP contribution in [-0.4, -0.2) is 10.1 Å². The third-order valence-electron chi connectivity index (χ3n) is 3.14. The van der Waals surface area contributed by atoms with E-state index < -0.39 is 6.10 Å². The SMILES string of the molecule is C=C1CC(O)c2cc3ccc(C)cc3nc21. The average molecular weight is 211 g/mol. The van der Waals surface area contributed by atoms with Crippen molar-refractivity contribution in [2.24, 2.45) is 0 Å². The van der Waals surface area contributed by atoms with Gasteiger partial charge >= 0.3 is 0 Å². The van der Waals surface area contributed by atoms with Crippen molar-refractivity contribution < 1.29 is 5.11 Å². The molecule has 1 aliphatic carbocycles. The number of rotatable bonds is 0. The van der Waals surface area contributed by atoms with Gasteiger partial charge in [0, 0.05) is 17.4 Å². The van der Waals surface area contributed by atoms with Gasteiger partial charge in [-0.25, -0.2) is 4.98 Å². The van der Waals surface area contributed by atoms with Crippen LogP contribution in [0.1, 0.15) is 29.3 Å². The van der Waals surface area contributed by atoms with Gasteiger partial charge in [-0.05, 0) is 30.2 Å². The Hall–Kier alpha value is -1.67. The Morgan fingerprint density at radius 1 is 1.38 bits per heavy atom. The highest BCUT2D eigenvalue weighted by molar-refractivity contribution is 5.84. The van der Waals surface area contributed by atoms with Crippen LogP contribution in [-0.2, 0) is 0 Å². The molecule has 1 N–H and O–H groups in total. The van der Waals surface area contributed by atoms with Crippen molar-refractivity contribution in [2.45, 2.75) is 19.4 Å². The zero-order chi connectivity index (χ0) is 11.3. The maximum Gasteiger partial charge on any atom is 0.0852 e. The van der Waals surface area contributed by atoms with Gasteiger partial charge in [0.25, 0.3) is 0 Å². The smallest absolute Gasteiger partial charge is 0.0852 e. The van der Waals surface area contributed by atoms with E-state index in [9.17, 15) is 5.11 Å². The Kier molecular flexibility index (Phi) is 1.88. The van der Waals surface area contributed by atoms with E-state index in [-0.39, 0.29) is 0 Å². The minimum Gasteiger partial charge on any atom is -0.388 e. The number of hydrogen-bond acceptors (Lipinski definition) is 2. The molecule has 0 amide bonds. The summed E-state index contributed by atoms with van der Waals surface area (Å²) in [6.45, 7) is 6.01. The van der Waals surface area contributed by atoms with Gasteiger partial charge in [-0.3, -0.25) is 0 Å². The summed E-state index contributed by atoms with van der Waals surface area (Å²) in [6.07, 6.45) is 0.179. The van der Waals surface area contributed by atoms with E-state index in [4.69, 9.17) is 0 Å². The Bertz CT molecular complexity index is 601. The maximum atomic E-state index is 9.86. The lowest BCUT2D eigenvalue weighted by atomic mass is 10.1. The highest BCUT2D eigenvalue weighted by Crippen LogP contribution is 2.38. The van der Waals surface area contributed by atoms with Crippen LogP contribution in [0.4, 0.5) is 0 Å². The lowest BCUT2D eigenvalue weighted by Gasteiger charge is -2.05. The van der Waals surface area contributed by atoms with Crippen LogP contribution in [0, 0.1) is 6.92 Å². The summed E-state index contributed by atoms with van der Waals surface area (Å²) >= 11 is 0. The lowest BCUT2D eigenvalue weighted by Crippen LogP contribution is -1.93. The number of aliphatic hydroxyl groups excluding tert-OH is 1. The Labute approximate surface area is 94.3 Å². The summed E-state index contributed by atoms with van der Waals surface area (Å²) in [5.41, 5.74) is 4.91. The van der Waals surface area contributed by atoms with Crippen molar-refractivity contribution in [3.8, 4) is 0 Å². The first-order chi connectivity index (χ1) is 7.65. The molecule has 80 valence electrons. The molecule has 0 aliphatic heterocycles.